The topological polar surface area (TPSA) is 98.7 Å². The normalized spacial score (nSPS) is 20.1. The molecule has 8 heteroatoms. The minimum atomic E-state index is -1.02. The molecule has 2 atom stereocenters. The summed E-state index contributed by atoms with van der Waals surface area (Å²) in [5.74, 6) is -0.207. The van der Waals surface area contributed by atoms with Gasteiger partial charge in [-0.2, -0.15) is 11.8 Å². The molecular weight excluding hydrogens is 282 g/mol. The number of amides is 3. The third-order valence-electron chi connectivity index (χ3n) is 2.96. The predicted octanol–water partition coefficient (Wildman–Crippen LogP) is 0.113. The lowest BCUT2D eigenvalue weighted by atomic mass is 10.2. The summed E-state index contributed by atoms with van der Waals surface area (Å²) in [6.45, 7) is 4.44. The molecule has 2 unspecified atom stereocenters. The molecule has 1 aliphatic rings. The maximum atomic E-state index is 12.1. The molecule has 20 heavy (non-hydrogen) atoms. The Morgan fingerprint density at radius 2 is 2.15 bits per heavy atom. The highest BCUT2D eigenvalue weighted by atomic mass is 32.2. The molecule has 3 N–H and O–H groups in total. The third-order valence-corrected chi connectivity index (χ3v) is 3.98. The molecule has 3 amide bonds. The van der Waals surface area contributed by atoms with Crippen LogP contribution in [0.3, 0.4) is 0 Å². The third kappa shape index (κ3) is 4.59. The molecule has 1 aliphatic heterocycles. The summed E-state index contributed by atoms with van der Waals surface area (Å²) in [7, 11) is 0. The van der Waals surface area contributed by atoms with Crippen LogP contribution in [0.15, 0.2) is 0 Å². The Morgan fingerprint density at radius 3 is 2.75 bits per heavy atom. The number of aliphatic carboxylic acids is 1. The van der Waals surface area contributed by atoms with E-state index >= 15 is 0 Å². The number of rotatable bonds is 5. The van der Waals surface area contributed by atoms with Gasteiger partial charge in [-0.15, -0.1) is 0 Å². The van der Waals surface area contributed by atoms with Gasteiger partial charge >= 0.3 is 12.0 Å². The molecule has 1 rings (SSSR count). The van der Waals surface area contributed by atoms with E-state index in [4.69, 9.17) is 5.11 Å². The largest absolute Gasteiger partial charge is 0.480 e. The van der Waals surface area contributed by atoms with Crippen molar-refractivity contribution in [2.24, 2.45) is 0 Å². The van der Waals surface area contributed by atoms with Crippen LogP contribution in [0, 0.1) is 0 Å². The van der Waals surface area contributed by atoms with E-state index in [1.54, 1.807) is 6.92 Å². The molecule has 0 aromatic rings. The summed E-state index contributed by atoms with van der Waals surface area (Å²) in [6.07, 6.45) is 0.816. The smallest absolute Gasteiger partial charge is 0.327 e. The predicted molar refractivity (Wildman–Crippen MR) is 76.7 cm³/mol. The van der Waals surface area contributed by atoms with Crippen LogP contribution >= 0.6 is 11.8 Å². The van der Waals surface area contributed by atoms with Gasteiger partial charge in [0.15, 0.2) is 0 Å². The molecular formula is C12H21N3O4S. The lowest BCUT2D eigenvalue weighted by molar-refractivity contribution is -0.141. The first-order valence-electron chi connectivity index (χ1n) is 6.62. The number of hydrogen-bond acceptors (Lipinski definition) is 4. The molecule has 7 nitrogen and oxygen atoms in total. The van der Waals surface area contributed by atoms with Crippen molar-refractivity contribution in [3.63, 3.8) is 0 Å². The molecule has 1 saturated heterocycles. The summed E-state index contributed by atoms with van der Waals surface area (Å²) >= 11 is 1.51. The van der Waals surface area contributed by atoms with E-state index in [0.717, 1.165) is 6.42 Å². The number of carbonyl (C=O) groups is 3. The Morgan fingerprint density at radius 1 is 1.45 bits per heavy atom. The van der Waals surface area contributed by atoms with Crippen molar-refractivity contribution >= 4 is 29.7 Å². The second-order valence-corrected chi connectivity index (χ2v) is 5.73. The summed E-state index contributed by atoms with van der Waals surface area (Å²) in [5, 5.41) is 14.3. The maximum absolute atomic E-state index is 12.1. The number of urea groups is 1. The number of carboxylic acids is 1. The van der Waals surface area contributed by atoms with Gasteiger partial charge in [-0.1, -0.05) is 6.92 Å². The van der Waals surface area contributed by atoms with Crippen LogP contribution in [0.2, 0.25) is 0 Å². The fraction of sp³-hybridized carbons (Fsp3) is 0.750. The molecule has 0 aromatic carbocycles. The lowest BCUT2D eigenvalue weighted by Crippen LogP contribution is -2.57. The zero-order chi connectivity index (χ0) is 15.1. The second kappa shape index (κ2) is 7.98. The highest BCUT2D eigenvalue weighted by Crippen LogP contribution is 2.16. The zero-order valence-electron chi connectivity index (χ0n) is 11.7. The SMILES string of the molecule is CCCNC(=O)C(C)NC(=O)N1CCSCC1C(=O)O. The van der Waals surface area contributed by atoms with Crippen molar-refractivity contribution in [3.05, 3.63) is 0 Å². The van der Waals surface area contributed by atoms with Crippen LogP contribution in [0.5, 0.6) is 0 Å². The molecule has 0 bridgehead atoms. The van der Waals surface area contributed by atoms with Gasteiger partial charge in [0.2, 0.25) is 5.91 Å². The number of nitrogens with one attached hydrogen (secondary N) is 2. The lowest BCUT2D eigenvalue weighted by Gasteiger charge is -2.33. The van der Waals surface area contributed by atoms with Gasteiger partial charge in [0.25, 0.3) is 0 Å². The van der Waals surface area contributed by atoms with Crippen LogP contribution < -0.4 is 10.6 Å². The van der Waals surface area contributed by atoms with E-state index in [0.29, 0.717) is 24.6 Å². The minimum Gasteiger partial charge on any atom is -0.480 e. The van der Waals surface area contributed by atoms with E-state index in [1.807, 2.05) is 6.92 Å². The van der Waals surface area contributed by atoms with Crippen LogP contribution in [0.25, 0.3) is 0 Å². The first-order valence-corrected chi connectivity index (χ1v) is 7.78. The fourth-order valence-corrected chi connectivity index (χ4v) is 2.82. The summed E-state index contributed by atoms with van der Waals surface area (Å²) in [5.41, 5.74) is 0. The van der Waals surface area contributed by atoms with Crippen LogP contribution in [0.1, 0.15) is 20.3 Å². The molecule has 0 radical (unpaired) electrons. The van der Waals surface area contributed by atoms with Crippen molar-refractivity contribution in [1.82, 2.24) is 15.5 Å². The summed E-state index contributed by atoms with van der Waals surface area (Å²) < 4.78 is 0. The number of carboxylic acid groups (broad SMARTS) is 1. The van der Waals surface area contributed by atoms with Crippen molar-refractivity contribution in [2.45, 2.75) is 32.4 Å². The van der Waals surface area contributed by atoms with Gasteiger partial charge in [0.05, 0.1) is 0 Å². The average Bonchev–Trinajstić information content (AvgIpc) is 2.44. The van der Waals surface area contributed by atoms with Gasteiger partial charge < -0.3 is 20.6 Å². The first-order chi connectivity index (χ1) is 9.47. The highest BCUT2D eigenvalue weighted by molar-refractivity contribution is 7.99. The van der Waals surface area contributed by atoms with Crippen LogP contribution in [-0.4, -0.2) is 64.6 Å². The standard InChI is InChI=1S/C12H21N3O4S/c1-3-4-13-10(16)8(2)14-12(19)15-5-6-20-7-9(15)11(17)18/h8-9H,3-7H2,1-2H3,(H,13,16)(H,14,19)(H,17,18). The molecule has 0 aliphatic carbocycles. The van der Waals surface area contributed by atoms with E-state index < -0.39 is 24.1 Å². The molecule has 0 saturated carbocycles. The number of carbonyl (C=O) groups excluding carboxylic acids is 2. The van der Waals surface area contributed by atoms with Crippen molar-refractivity contribution in [1.29, 1.82) is 0 Å². The summed E-state index contributed by atoms with van der Waals surface area (Å²) in [4.78, 5) is 36.1. The fourth-order valence-electron chi connectivity index (χ4n) is 1.79. The van der Waals surface area contributed by atoms with E-state index in [9.17, 15) is 14.4 Å². The van der Waals surface area contributed by atoms with Crippen LogP contribution in [-0.2, 0) is 9.59 Å². The van der Waals surface area contributed by atoms with Crippen molar-refractivity contribution < 1.29 is 19.5 Å². The van der Waals surface area contributed by atoms with Crippen LogP contribution in [0.4, 0.5) is 4.79 Å². The van der Waals surface area contributed by atoms with Gasteiger partial charge in [0.1, 0.15) is 12.1 Å². The number of thioether (sulfide) groups is 1. The minimum absolute atomic E-state index is 0.265. The molecule has 1 fully saturated rings. The second-order valence-electron chi connectivity index (χ2n) is 4.58. The van der Waals surface area contributed by atoms with Gasteiger partial charge in [0, 0.05) is 24.6 Å². The van der Waals surface area contributed by atoms with Crippen molar-refractivity contribution in [3.8, 4) is 0 Å². The van der Waals surface area contributed by atoms with Gasteiger partial charge in [-0.05, 0) is 13.3 Å². The Hall–Kier alpha value is -1.44. The maximum Gasteiger partial charge on any atom is 0.327 e. The Bertz CT molecular complexity index is 378. The van der Waals surface area contributed by atoms with E-state index in [-0.39, 0.29) is 5.91 Å². The Balaban J connectivity index is 2.55. The summed E-state index contributed by atoms with van der Waals surface area (Å²) in [6, 6.07) is -2.02. The Kier molecular flexibility index (Phi) is 6.63. The monoisotopic (exact) mass is 303 g/mol. The average molecular weight is 303 g/mol. The molecule has 0 aromatic heterocycles. The van der Waals surface area contributed by atoms with E-state index in [2.05, 4.69) is 10.6 Å². The van der Waals surface area contributed by atoms with Crippen molar-refractivity contribution in [2.75, 3.05) is 24.6 Å². The highest BCUT2D eigenvalue weighted by Gasteiger charge is 2.33. The van der Waals surface area contributed by atoms with Gasteiger partial charge in [-0.25, -0.2) is 9.59 Å². The zero-order valence-corrected chi connectivity index (χ0v) is 12.5. The molecule has 0 spiro atoms. The molecule has 114 valence electrons. The number of nitrogens with zero attached hydrogens (tertiary/aromatic N) is 1. The quantitative estimate of drug-likeness (QED) is 0.670. The first kappa shape index (κ1) is 16.6. The molecule has 1 heterocycles. The van der Waals surface area contributed by atoms with Gasteiger partial charge in [-0.3, -0.25) is 4.79 Å². The number of hydrogen-bond donors (Lipinski definition) is 3. The Labute approximate surface area is 122 Å². The van der Waals surface area contributed by atoms with E-state index in [1.165, 1.54) is 16.7 Å².